The highest BCUT2D eigenvalue weighted by molar-refractivity contribution is 5.89. The summed E-state index contributed by atoms with van der Waals surface area (Å²) < 4.78 is 16.0. The summed E-state index contributed by atoms with van der Waals surface area (Å²) >= 11 is 0. The summed E-state index contributed by atoms with van der Waals surface area (Å²) in [5.74, 6) is 0.551. The van der Waals surface area contributed by atoms with Gasteiger partial charge < -0.3 is 14.2 Å². The molecule has 0 radical (unpaired) electrons. The standard InChI is InChI=1S/C11H14O4/c1-5-6-3-4-7-8(6)11(14-9(5)12)15-10(7)13-2/h6-8,10-11H,1,3-4H2,2H3. The van der Waals surface area contributed by atoms with Crippen LogP contribution in [0.15, 0.2) is 12.2 Å². The Morgan fingerprint density at radius 3 is 3.00 bits per heavy atom. The molecule has 5 atom stereocenters. The quantitative estimate of drug-likeness (QED) is 0.479. The molecular formula is C11H14O4. The average Bonchev–Trinajstić information content (AvgIpc) is 2.77. The summed E-state index contributed by atoms with van der Waals surface area (Å²) in [5.41, 5.74) is 0.610. The second-order valence-corrected chi connectivity index (χ2v) is 4.46. The van der Waals surface area contributed by atoms with Crippen LogP contribution in [0.3, 0.4) is 0 Å². The van der Waals surface area contributed by atoms with Crippen LogP contribution >= 0.6 is 0 Å². The van der Waals surface area contributed by atoms with Crippen molar-refractivity contribution in [2.45, 2.75) is 25.4 Å². The van der Waals surface area contributed by atoms with Gasteiger partial charge in [-0.25, -0.2) is 4.79 Å². The lowest BCUT2D eigenvalue weighted by Gasteiger charge is -2.30. The van der Waals surface area contributed by atoms with E-state index >= 15 is 0 Å². The second-order valence-electron chi connectivity index (χ2n) is 4.46. The smallest absolute Gasteiger partial charge is 0.336 e. The highest BCUT2D eigenvalue weighted by Gasteiger charge is 2.57. The molecule has 0 aromatic rings. The molecule has 0 spiro atoms. The summed E-state index contributed by atoms with van der Waals surface area (Å²) in [6.45, 7) is 3.81. The molecular weight excluding hydrogens is 196 g/mol. The second kappa shape index (κ2) is 3.06. The topological polar surface area (TPSA) is 44.8 Å². The zero-order valence-electron chi connectivity index (χ0n) is 8.64. The predicted octanol–water partition coefficient (Wildman–Crippen LogP) is 1.07. The Morgan fingerprint density at radius 2 is 2.27 bits per heavy atom. The molecule has 4 nitrogen and oxygen atoms in total. The lowest BCUT2D eigenvalue weighted by molar-refractivity contribution is -0.216. The van der Waals surface area contributed by atoms with Gasteiger partial charge in [-0.1, -0.05) is 6.58 Å². The van der Waals surface area contributed by atoms with Crippen molar-refractivity contribution in [2.75, 3.05) is 7.11 Å². The van der Waals surface area contributed by atoms with E-state index in [0.717, 1.165) is 12.8 Å². The number of rotatable bonds is 1. The van der Waals surface area contributed by atoms with E-state index in [9.17, 15) is 4.79 Å². The highest BCUT2D eigenvalue weighted by Crippen LogP contribution is 2.53. The monoisotopic (exact) mass is 210 g/mol. The van der Waals surface area contributed by atoms with Crippen molar-refractivity contribution in [1.29, 1.82) is 0 Å². The molecule has 3 aliphatic rings. The number of hydrogen-bond acceptors (Lipinski definition) is 4. The van der Waals surface area contributed by atoms with E-state index in [2.05, 4.69) is 6.58 Å². The van der Waals surface area contributed by atoms with Crippen molar-refractivity contribution in [3.8, 4) is 0 Å². The van der Waals surface area contributed by atoms with Crippen LogP contribution in [0, 0.1) is 17.8 Å². The first-order chi connectivity index (χ1) is 7.22. The maximum Gasteiger partial charge on any atom is 0.336 e. The van der Waals surface area contributed by atoms with Crippen LogP contribution in [-0.4, -0.2) is 25.7 Å². The van der Waals surface area contributed by atoms with Gasteiger partial charge in [0.2, 0.25) is 6.29 Å². The van der Waals surface area contributed by atoms with E-state index in [1.165, 1.54) is 0 Å². The minimum absolute atomic E-state index is 0.219. The third-order valence-electron chi connectivity index (χ3n) is 3.87. The predicted molar refractivity (Wildman–Crippen MR) is 50.6 cm³/mol. The summed E-state index contributed by atoms with van der Waals surface area (Å²) in [5, 5.41) is 0. The van der Waals surface area contributed by atoms with Crippen LogP contribution in [0.2, 0.25) is 0 Å². The van der Waals surface area contributed by atoms with Crippen LogP contribution in [0.1, 0.15) is 12.8 Å². The highest BCUT2D eigenvalue weighted by atomic mass is 16.8. The Morgan fingerprint density at radius 1 is 1.47 bits per heavy atom. The minimum Gasteiger partial charge on any atom is -0.432 e. The minimum atomic E-state index is -0.412. The van der Waals surface area contributed by atoms with Crippen LogP contribution < -0.4 is 0 Å². The first-order valence-corrected chi connectivity index (χ1v) is 5.30. The van der Waals surface area contributed by atoms with Crippen LogP contribution in [0.4, 0.5) is 0 Å². The van der Waals surface area contributed by atoms with Crippen molar-refractivity contribution >= 4 is 5.97 Å². The van der Waals surface area contributed by atoms with Gasteiger partial charge in [-0.05, 0) is 18.8 Å². The molecule has 0 aromatic carbocycles. The molecule has 1 saturated carbocycles. The number of ether oxygens (including phenoxy) is 3. The number of esters is 1. The van der Waals surface area contributed by atoms with Gasteiger partial charge in [0.1, 0.15) is 0 Å². The van der Waals surface area contributed by atoms with E-state index in [1.807, 2.05) is 0 Å². The average molecular weight is 210 g/mol. The van der Waals surface area contributed by atoms with Gasteiger partial charge in [-0.3, -0.25) is 0 Å². The van der Waals surface area contributed by atoms with E-state index < -0.39 is 6.29 Å². The molecule has 1 aliphatic carbocycles. The van der Waals surface area contributed by atoms with Crippen LogP contribution in [0.5, 0.6) is 0 Å². The van der Waals surface area contributed by atoms with Crippen molar-refractivity contribution in [2.24, 2.45) is 17.8 Å². The third kappa shape index (κ3) is 1.12. The number of carbonyl (C=O) groups excluding carboxylic acids is 1. The normalized spacial score (nSPS) is 47.9. The largest absolute Gasteiger partial charge is 0.432 e. The Bertz CT molecular complexity index is 325. The Hall–Kier alpha value is -0.870. The van der Waals surface area contributed by atoms with Crippen LogP contribution in [-0.2, 0) is 19.0 Å². The first-order valence-electron chi connectivity index (χ1n) is 5.30. The van der Waals surface area contributed by atoms with E-state index in [1.54, 1.807) is 7.11 Å². The maximum atomic E-state index is 11.5. The van der Waals surface area contributed by atoms with Gasteiger partial charge in [-0.2, -0.15) is 0 Å². The molecule has 3 fully saturated rings. The van der Waals surface area contributed by atoms with Crippen molar-refractivity contribution in [3.05, 3.63) is 12.2 Å². The van der Waals surface area contributed by atoms with Gasteiger partial charge in [0.25, 0.3) is 0 Å². The Balaban J connectivity index is 1.93. The van der Waals surface area contributed by atoms with Crippen LogP contribution in [0.25, 0.3) is 0 Å². The molecule has 3 rings (SSSR count). The fourth-order valence-corrected chi connectivity index (χ4v) is 3.16. The van der Waals surface area contributed by atoms with Gasteiger partial charge in [0, 0.05) is 24.5 Å². The Kier molecular flexibility index (Phi) is 1.91. The fraction of sp³-hybridized carbons (Fsp3) is 0.727. The van der Waals surface area contributed by atoms with Gasteiger partial charge in [-0.15, -0.1) is 0 Å². The molecule has 82 valence electrons. The summed E-state index contributed by atoms with van der Waals surface area (Å²) in [6, 6.07) is 0. The molecule has 5 unspecified atom stereocenters. The number of methoxy groups -OCH3 is 1. The Labute approximate surface area is 88.2 Å². The summed E-state index contributed by atoms with van der Waals surface area (Å²) in [7, 11) is 1.63. The van der Waals surface area contributed by atoms with Crippen molar-refractivity contribution in [3.63, 3.8) is 0 Å². The molecule has 0 aromatic heterocycles. The molecule has 2 heterocycles. The molecule has 0 bridgehead atoms. The molecule has 0 amide bonds. The van der Waals surface area contributed by atoms with Gasteiger partial charge in [0.15, 0.2) is 6.29 Å². The van der Waals surface area contributed by atoms with E-state index in [0.29, 0.717) is 11.5 Å². The van der Waals surface area contributed by atoms with Gasteiger partial charge >= 0.3 is 5.97 Å². The van der Waals surface area contributed by atoms with Crippen molar-refractivity contribution in [1.82, 2.24) is 0 Å². The molecule has 4 heteroatoms. The van der Waals surface area contributed by atoms with Crippen molar-refractivity contribution < 1.29 is 19.0 Å². The summed E-state index contributed by atoms with van der Waals surface area (Å²) in [6.07, 6.45) is 1.40. The summed E-state index contributed by atoms with van der Waals surface area (Å²) in [4.78, 5) is 11.5. The number of hydrogen-bond donors (Lipinski definition) is 0. The molecule has 2 aliphatic heterocycles. The third-order valence-corrected chi connectivity index (χ3v) is 3.87. The first kappa shape index (κ1) is 9.36. The zero-order valence-corrected chi connectivity index (χ0v) is 8.64. The molecule has 2 saturated heterocycles. The molecule has 0 N–H and O–H groups in total. The number of carbonyl (C=O) groups is 1. The molecule has 15 heavy (non-hydrogen) atoms. The fourth-order valence-electron chi connectivity index (χ4n) is 3.16. The lowest BCUT2D eigenvalue weighted by Crippen LogP contribution is -2.37. The SMILES string of the molecule is C=C1C(=O)OC2OC(OC)C3CCC1C23. The zero-order chi connectivity index (χ0) is 10.6. The van der Waals surface area contributed by atoms with E-state index in [4.69, 9.17) is 14.2 Å². The van der Waals surface area contributed by atoms with E-state index in [-0.39, 0.29) is 24.1 Å². The van der Waals surface area contributed by atoms with Gasteiger partial charge in [0.05, 0.1) is 0 Å². The maximum absolute atomic E-state index is 11.5. The lowest BCUT2D eigenvalue weighted by atomic mass is 9.84.